The Kier molecular flexibility index (Phi) is 3.94. The lowest BCUT2D eigenvalue weighted by Crippen LogP contribution is -2.12. The van der Waals surface area contributed by atoms with Crippen LogP contribution < -0.4 is 10.1 Å². The average molecular weight is 278 g/mol. The highest BCUT2D eigenvalue weighted by atomic mass is 16.6. The van der Waals surface area contributed by atoms with Crippen LogP contribution in [0, 0.1) is 10.1 Å². The topological polar surface area (TPSA) is 103 Å². The van der Waals surface area contributed by atoms with E-state index >= 15 is 0 Å². The van der Waals surface area contributed by atoms with E-state index in [2.05, 4.69) is 15.5 Å². The van der Waals surface area contributed by atoms with E-state index in [0.717, 1.165) is 0 Å². The number of nitro groups is 1. The molecule has 0 radical (unpaired) electrons. The molecule has 0 fully saturated rings. The Balaban J connectivity index is 2.38. The molecular formula is C12H14N4O4. The Hall–Kier alpha value is -2.48. The zero-order valence-electron chi connectivity index (χ0n) is 11.3. The molecule has 2 aromatic rings. The van der Waals surface area contributed by atoms with Crippen LogP contribution >= 0.6 is 0 Å². The molecule has 1 heterocycles. The molecule has 106 valence electrons. The molecule has 0 aliphatic carbocycles. The smallest absolute Gasteiger partial charge is 0.310 e. The Morgan fingerprint density at radius 2 is 2.20 bits per heavy atom. The van der Waals surface area contributed by atoms with E-state index in [4.69, 9.17) is 9.15 Å². The third-order valence-electron chi connectivity index (χ3n) is 2.87. The number of nitro benzene ring substituents is 1. The van der Waals surface area contributed by atoms with Crippen molar-refractivity contribution in [3.63, 3.8) is 0 Å². The number of hydrogen-bond acceptors (Lipinski definition) is 7. The first-order valence-electron chi connectivity index (χ1n) is 5.90. The van der Waals surface area contributed by atoms with Crippen LogP contribution in [0.25, 0.3) is 11.5 Å². The normalized spacial score (nSPS) is 12.2. The van der Waals surface area contributed by atoms with Crippen molar-refractivity contribution < 1.29 is 14.1 Å². The van der Waals surface area contributed by atoms with E-state index in [1.54, 1.807) is 13.1 Å². The lowest BCUT2D eigenvalue weighted by Gasteiger charge is -2.04. The van der Waals surface area contributed by atoms with Gasteiger partial charge in [-0.15, -0.1) is 10.2 Å². The molecule has 1 aromatic carbocycles. The minimum absolute atomic E-state index is 0.0730. The summed E-state index contributed by atoms with van der Waals surface area (Å²) in [5.74, 6) is 0.879. The highest BCUT2D eigenvalue weighted by molar-refractivity contribution is 5.61. The number of hydrogen-bond donors (Lipinski definition) is 1. The monoisotopic (exact) mass is 278 g/mol. The molecule has 0 aliphatic heterocycles. The third kappa shape index (κ3) is 2.59. The van der Waals surface area contributed by atoms with Gasteiger partial charge in [-0.2, -0.15) is 0 Å². The lowest BCUT2D eigenvalue weighted by molar-refractivity contribution is -0.385. The fourth-order valence-corrected chi connectivity index (χ4v) is 1.61. The zero-order valence-corrected chi connectivity index (χ0v) is 11.3. The van der Waals surface area contributed by atoms with Crippen LogP contribution in [0.2, 0.25) is 0 Å². The highest BCUT2D eigenvalue weighted by Crippen LogP contribution is 2.31. The maximum Gasteiger partial charge on any atom is 0.310 e. The first-order valence-corrected chi connectivity index (χ1v) is 5.90. The summed E-state index contributed by atoms with van der Waals surface area (Å²) in [6.45, 7) is 1.88. The minimum Gasteiger partial charge on any atom is -0.490 e. The fraction of sp³-hybridized carbons (Fsp3) is 0.333. The lowest BCUT2D eigenvalue weighted by atomic mass is 10.2. The molecular weight excluding hydrogens is 264 g/mol. The second-order valence-corrected chi connectivity index (χ2v) is 4.10. The molecule has 20 heavy (non-hydrogen) atoms. The number of nitrogens with zero attached hydrogens (tertiary/aromatic N) is 3. The number of ether oxygens (including phenoxy) is 1. The van der Waals surface area contributed by atoms with Crippen LogP contribution in [0.1, 0.15) is 18.9 Å². The van der Waals surface area contributed by atoms with E-state index in [1.165, 1.54) is 19.2 Å². The maximum absolute atomic E-state index is 10.8. The van der Waals surface area contributed by atoms with Crippen molar-refractivity contribution in [2.45, 2.75) is 13.0 Å². The van der Waals surface area contributed by atoms with Gasteiger partial charge in [0.25, 0.3) is 0 Å². The summed E-state index contributed by atoms with van der Waals surface area (Å²) in [7, 11) is 3.15. The number of nitrogens with one attached hydrogen (secondary N) is 1. The number of benzene rings is 1. The van der Waals surface area contributed by atoms with Crippen LogP contribution in [0.5, 0.6) is 5.75 Å². The van der Waals surface area contributed by atoms with Gasteiger partial charge in [0.05, 0.1) is 18.1 Å². The second-order valence-electron chi connectivity index (χ2n) is 4.10. The van der Waals surface area contributed by atoms with Gasteiger partial charge < -0.3 is 14.5 Å². The largest absolute Gasteiger partial charge is 0.490 e. The van der Waals surface area contributed by atoms with Gasteiger partial charge in [-0.05, 0) is 20.0 Å². The second kappa shape index (κ2) is 5.66. The van der Waals surface area contributed by atoms with Crippen LogP contribution in [-0.2, 0) is 0 Å². The Bertz CT molecular complexity index is 626. The highest BCUT2D eigenvalue weighted by Gasteiger charge is 2.18. The number of rotatable bonds is 5. The van der Waals surface area contributed by atoms with E-state index in [0.29, 0.717) is 11.5 Å². The summed E-state index contributed by atoms with van der Waals surface area (Å²) in [5.41, 5.74) is 0.453. The standard InChI is InChI=1S/C12H14N4O4/c1-7(13-2)11-14-15-12(20-11)8-4-5-9(16(17)18)10(6-8)19-3/h4-7,13H,1-3H3. The van der Waals surface area contributed by atoms with Crippen molar-refractivity contribution >= 4 is 5.69 Å². The van der Waals surface area contributed by atoms with E-state index in [-0.39, 0.29) is 23.4 Å². The van der Waals surface area contributed by atoms with Crippen molar-refractivity contribution in [2.24, 2.45) is 0 Å². The van der Waals surface area contributed by atoms with Gasteiger partial charge in [-0.25, -0.2) is 0 Å². The van der Waals surface area contributed by atoms with Crippen molar-refractivity contribution in [3.05, 3.63) is 34.2 Å². The van der Waals surface area contributed by atoms with E-state index < -0.39 is 4.92 Å². The molecule has 1 N–H and O–H groups in total. The van der Waals surface area contributed by atoms with Gasteiger partial charge in [-0.3, -0.25) is 10.1 Å². The summed E-state index contributed by atoms with van der Waals surface area (Å²) in [4.78, 5) is 10.3. The van der Waals surface area contributed by atoms with Crippen LogP contribution in [0.3, 0.4) is 0 Å². The first-order chi connectivity index (χ1) is 9.56. The molecule has 0 bridgehead atoms. The summed E-state index contributed by atoms with van der Waals surface area (Å²) in [6, 6.07) is 4.32. The first kappa shape index (κ1) is 13.9. The van der Waals surface area contributed by atoms with Gasteiger partial charge in [-0.1, -0.05) is 0 Å². The molecule has 1 unspecified atom stereocenters. The molecule has 0 amide bonds. The molecule has 8 nitrogen and oxygen atoms in total. The van der Waals surface area contributed by atoms with E-state index in [1.807, 2.05) is 6.92 Å². The number of aromatic nitrogens is 2. The fourth-order valence-electron chi connectivity index (χ4n) is 1.61. The van der Waals surface area contributed by atoms with E-state index in [9.17, 15) is 10.1 Å². The third-order valence-corrected chi connectivity index (χ3v) is 2.87. The predicted octanol–water partition coefficient (Wildman–Crippen LogP) is 1.93. The van der Waals surface area contributed by atoms with Crippen LogP contribution in [-0.4, -0.2) is 29.3 Å². The SMILES string of the molecule is CNC(C)c1nnc(-c2ccc([N+](=O)[O-])c(OC)c2)o1. The van der Waals surface area contributed by atoms with Crippen molar-refractivity contribution in [1.82, 2.24) is 15.5 Å². The van der Waals surface area contributed by atoms with Crippen LogP contribution in [0.4, 0.5) is 5.69 Å². The molecule has 0 saturated heterocycles. The predicted molar refractivity (Wildman–Crippen MR) is 70.4 cm³/mol. The average Bonchev–Trinajstić information content (AvgIpc) is 2.95. The molecule has 8 heteroatoms. The van der Waals surface area contributed by atoms with Gasteiger partial charge in [0.2, 0.25) is 11.8 Å². The summed E-state index contributed by atoms with van der Waals surface area (Å²) >= 11 is 0. The Labute approximate surface area is 114 Å². The minimum atomic E-state index is -0.509. The molecule has 0 spiro atoms. The number of methoxy groups -OCH3 is 1. The quantitative estimate of drug-likeness (QED) is 0.658. The molecule has 1 aromatic heterocycles. The summed E-state index contributed by atoms with van der Waals surface area (Å²) < 4.78 is 10.5. The molecule has 0 aliphatic rings. The summed E-state index contributed by atoms with van der Waals surface area (Å²) in [6.07, 6.45) is 0. The molecule has 1 atom stereocenters. The molecule has 2 rings (SSSR count). The van der Waals surface area contributed by atoms with Gasteiger partial charge in [0.15, 0.2) is 5.75 Å². The van der Waals surface area contributed by atoms with Gasteiger partial charge in [0.1, 0.15) is 0 Å². The van der Waals surface area contributed by atoms with Crippen molar-refractivity contribution in [2.75, 3.05) is 14.2 Å². The molecule has 0 saturated carbocycles. The Morgan fingerprint density at radius 1 is 1.45 bits per heavy atom. The van der Waals surface area contributed by atoms with Gasteiger partial charge >= 0.3 is 5.69 Å². The van der Waals surface area contributed by atoms with Gasteiger partial charge in [0, 0.05) is 17.7 Å². The van der Waals surface area contributed by atoms with Crippen LogP contribution in [0.15, 0.2) is 22.6 Å². The Morgan fingerprint density at radius 3 is 2.80 bits per heavy atom. The van der Waals surface area contributed by atoms with Crippen molar-refractivity contribution in [1.29, 1.82) is 0 Å². The van der Waals surface area contributed by atoms with Crippen molar-refractivity contribution in [3.8, 4) is 17.2 Å². The zero-order chi connectivity index (χ0) is 14.7. The maximum atomic E-state index is 10.8. The summed E-state index contributed by atoms with van der Waals surface area (Å²) in [5, 5.41) is 21.7.